The van der Waals surface area contributed by atoms with Crippen LogP contribution in [0.3, 0.4) is 0 Å². The number of nitrogens with zero attached hydrogens (tertiary/aromatic N) is 3. The van der Waals surface area contributed by atoms with Crippen LogP contribution in [0.25, 0.3) is 0 Å². The van der Waals surface area contributed by atoms with E-state index in [1.165, 1.54) is 6.20 Å². The molecule has 0 radical (unpaired) electrons. The third kappa shape index (κ3) is 4.31. The van der Waals surface area contributed by atoms with Crippen LogP contribution in [0.15, 0.2) is 42.6 Å². The van der Waals surface area contributed by atoms with Gasteiger partial charge in [0, 0.05) is 17.8 Å². The average molecular weight is 351 g/mol. The zero-order valence-electron chi connectivity index (χ0n) is 14.7. The molecule has 1 aliphatic heterocycles. The number of nitriles is 1. The normalized spacial score (nSPS) is 13.6. The molecule has 1 aromatic carbocycles. The highest BCUT2D eigenvalue weighted by atomic mass is 16.5. The highest BCUT2D eigenvalue weighted by Crippen LogP contribution is 2.20. The van der Waals surface area contributed by atoms with Crippen molar-refractivity contribution in [1.82, 2.24) is 9.88 Å². The number of pyridine rings is 1. The Hall–Kier alpha value is -3.07. The first-order valence-corrected chi connectivity index (χ1v) is 8.74. The molecule has 1 aromatic heterocycles. The Labute approximate surface area is 153 Å². The lowest BCUT2D eigenvalue weighted by atomic mass is 10.1. The number of benzene rings is 1. The molecule has 0 unspecified atom stereocenters. The van der Waals surface area contributed by atoms with Gasteiger partial charge in [0.2, 0.25) is 5.88 Å². The summed E-state index contributed by atoms with van der Waals surface area (Å²) < 4.78 is 11.3. The maximum absolute atomic E-state index is 12.5. The van der Waals surface area contributed by atoms with E-state index >= 15 is 0 Å². The largest absolute Gasteiger partial charge is 0.494 e. The Morgan fingerprint density at radius 3 is 2.65 bits per heavy atom. The number of hydrogen-bond donors (Lipinski definition) is 0. The van der Waals surface area contributed by atoms with Crippen molar-refractivity contribution < 1.29 is 14.3 Å². The van der Waals surface area contributed by atoms with Crippen LogP contribution in [0.5, 0.6) is 11.6 Å². The first-order chi connectivity index (χ1) is 12.7. The van der Waals surface area contributed by atoms with Crippen LogP contribution in [0.2, 0.25) is 0 Å². The number of aromatic nitrogens is 1. The number of ether oxygens (including phenoxy) is 2. The molecular weight excluding hydrogens is 330 g/mol. The van der Waals surface area contributed by atoms with Gasteiger partial charge in [-0.05, 0) is 36.8 Å². The SMILES string of the molecule is CCCCOc1ccc(C(=O)N2CC(Oc3ccc(C#N)cn3)C2)cc1. The van der Waals surface area contributed by atoms with Gasteiger partial charge in [-0.2, -0.15) is 5.26 Å². The van der Waals surface area contributed by atoms with Gasteiger partial charge in [-0.1, -0.05) is 13.3 Å². The van der Waals surface area contributed by atoms with Crippen LogP contribution in [0.4, 0.5) is 0 Å². The van der Waals surface area contributed by atoms with E-state index in [0.29, 0.717) is 36.7 Å². The van der Waals surface area contributed by atoms with E-state index in [2.05, 4.69) is 11.9 Å². The van der Waals surface area contributed by atoms with Crippen molar-refractivity contribution in [3.05, 3.63) is 53.7 Å². The molecule has 6 heteroatoms. The van der Waals surface area contributed by atoms with Gasteiger partial charge >= 0.3 is 0 Å². The molecule has 134 valence electrons. The minimum Gasteiger partial charge on any atom is -0.494 e. The molecule has 0 N–H and O–H groups in total. The van der Waals surface area contributed by atoms with Crippen molar-refractivity contribution in [3.8, 4) is 17.7 Å². The van der Waals surface area contributed by atoms with Gasteiger partial charge in [0.25, 0.3) is 5.91 Å². The van der Waals surface area contributed by atoms with E-state index in [1.807, 2.05) is 18.2 Å². The summed E-state index contributed by atoms with van der Waals surface area (Å²) in [6.07, 6.45) is 3.51. The van der Waals surface area contributed by atoms with Crippen LogP contribution in [0, 0.1) is 11.3 Å². The maximum Gasteiger partial charge on any atom is 0.254 e. The van der Waals surface area contributed by atoms with E-state index in [4.69, 9.17) is 14.7 Å². The molecule has 0 saturated carbocycles. The lowest BCUT2D eigenvalue weighted by Crippen LogP contribution is -2.56. The molecule has 3 rings (SSSR count). The fourth-order valence-electron chi connectivity index (χ4n) is 2.58. The zero-order chi connectivity index (χ0) is 18.4. The molecular formula is C20H21N3O3. The number of carbonyl (C=O) groups is 1. The number of rotatable bonds is 7. The summed E-state index contributed by atoms with van der Waals surface area (Å²) in [6, 6.07) is 12.6. The minimum absolute atomic E-state index is 0.0160. The summed E-state index contributed by atoms with van der Waals surface area (Å²) in [7, 11) is 0. The van der Waals surface area contributed by atoms with Crippen LogP contribution < -0.4 is 9.47 Å². The summed E-state index contributed by atoms with van der Waals surface area (Å²) in [5.74, 6) is 1.24. The standard InChI is InChI=1S/C20H21N3O3/c1-2-3-10-25-17-7-5-16(6-8-17)20(24)23-13-18(14-23)26-19-9-4-15(11-21)12-22-19/h4-9,12,18H,2-3,10,13-14H2,1H3. The molecule has 26 heavy (non-hydrogen) atoms. The maximum atomic E-state index is 12.5. The third-order valence-corrected chi connectivity index (χ3v) is 4.16. The van der Waals surface area contributed by atoms with E-state index in [9.17, 15) is 4.79 Å². The summed E-state index contributed by atoms with van der Waals surface area (Å²) in [5, 5.41) is 8.76. The molecule has 0 bridgehead atoms. The Morgan fingerprint density at radius 1 is 1.27 bits per heavy atom. The van der Waals surface area contributed by atoms with E-state index < -0.39 is 0 Å². The summed E-state index contributed by atoms with van der Waals surface area (Å²) >= 11 is 0. The van der Waals surface area contributed by atoms with Crippen LogP contribution in [0.1, 0.15) is 35.7 Å². The number of carbonyl (C=O) groups excluding carboxylic acids is 1. The molecule has 0 atom stereocenters. The highest BCUT2D eigenvalue weighted by Gasteiger charge is 2.33. The highest BCUT2D eigenvalue weighted by molar-refractivity contribution is 5.94. The predicted octanol–water partition coefficient (Wildman–Crippen LogP) is 3.04. The summed E-state index contributed by atoms with van der Waals surface area (Å²) in [4.78, 5) is 18.3. The van der Waals surface area contributed by atoms with Gasteiger partial charge in [-0.15, -0.1) is 0 Å². The second kappa shape index (κ2) is 8.34. The fraction of sp³-hybridized carbons (Fsp3) is 0.350. The third-order valence-electron chi connectivity index (χ3n) is 4.16. The van der Waals surface area contributed by atoms with Crippen molar-refractivity contribution in [2.75, 3.05) is 19.7 Å². The number of likely N-dealkylation sites (tertiary alicyclic amines) is 1. The van der Waals surface area contributed by atoms with Gasteiger partial charge in [0.1, 0.15) is 17.9 Å². The van der Waals surface area contributed by atoms with Crippen molar-refractivity contribution in [2.24, 2.45) is 0 Å². The Balaban J connectivity index is 1.47. The molecule has 1 fully saturated rings. The monoisotopic (exact) mass is 351 g/mol. The number of hydrogen-bond acceptors (Lipinski definition) is 5. The number of amides is 1. The molecule has 1 saturated heterocycles. The van der Waals surface area contributed by atoms with Crippen molar-refractivity contribution in [3.63, 3.8) is 0 Å². The Bertz CT molecular complexity index is 775. The molecule has 2 aromatic rings. The fourth-order valence-corrected chi connectivity index (χ4v) is 2.58. The van der Waals surface area contributed by atoms with Crippen molar-refractivity contribution in [2.45, 2.75) is 25.9 Å². The summed E-state index contributed by atoms with van der Waals surface area (Å²) in [5.41, 5.74) is 1.13. The van der Waals surface area contributed by atoms with E-state index in [-0.39, 0.29) is 12.0 Å². The molecule has 6 nitrogen and oxygen atoms in total. The first kappa shape index (κ1) is 17.7. The smallest absolute Gasteiger partial charge is 0.254 e. The predicted molar refractivity (Wildman–Crippen MR) is 96.1 cm³/mol. The minimum atomic E-state index is -0.0731. The zero-order valence-corrected chi connectivity index (χ0v) is 14.7. The van der Waals surface area contributed by atoms with Crippen LogP contribution >= 0.6 is 0 Å². The molecule has 2 heterocycles. The first-order valence-electron chi connectivity index (χ1n) is 8.74. The topological polar surface area (TPSA) is 75.4 Å². The van der Waals surface area contributed by atoms with Crippen molar-refractivity contribution in [1.29, 1.82) is 5.26 Å². The van der Waals surface area contributed by atoms with E-state index in [0.717, 1.165) is 18.6 Å². The Morgan fingerprint density at radius 2 is 2.04 bits per heavy atom. The molecule has 1 amide bonds. The lowest BCUT2D eigenvalue weighted by Gasteiger charge is -2.38. The molecule has 1 aliphatic rings. The van der Waals surface area contributed by atoms with Gasteiger partial charge in [-0.3, -0.25) is 4.79 Å². The van der Waals surface area contributed by atoms with Crippen LogP contribution in [-0.2, 0) is 0 Å². The Kier molecular flexibility index (Phi) is 5.69. The lowest BCUT2D eigenvalue weighted by molar-refractivity contribution is 0.0160. The van der Waals surface area contributed by atoms with E-state index in [1.54, 1.807) is 29.2 Å². The molecule has 0 aliphatic carbocycles. The second-order valence-electron chi connectivity index (χ2n) is 6.17. The van der Waals surface area contributed by atoms with Gasteiger partial charge in [0.15, 0.2) is 0 Å². The number of unbranched alkanes of at least 4 members (excludes halogenated alkanes) is 1. The van der Waals surface area contributed by atoms with Crippen molar-refractivity contribution >= 4 is 5.91 Å². The van der Waals surface area contributed by atoms with Crippen LogP contribution in [-0.4, -0.2) is 41.6 Å². The summed E-state index contributed by atoms with van der Waals surface area (Å²) in [6.45, 7) is 3.86. The van der Waals surface area contributed by atoms with Gasteiger partial charge < -0.3 is 14.4 Å². The quantitative estimate of drug-likeness (QED) is 0.717. The molecule has 0 spiro atoms. The van der Waals surface area contributed by atoms with Gasteiger partial charge in [0.05, 0.1) is 25.3 Å². The average Bonchev–Trinajstić information content (AvgIpc) is 2.65. The second-order valence-corrected chi connectivity index (χ2v) is 6.17. The van der Waals surface area contributed by atoms with Gasteiger partial charge in [-0.25, -0.2) is 4.98 Å².